The van der Waals surface area contributed by atoms with Gasteiger partial charge in [-0.15, -0.1) is 12.4 Å². The first kappa shape index (κ1) is 22.5. The molecule has 1 atom stereocenters. The average molecular weight is 418 g/mol. The third kappa shape index (κ3) is 4.61. The van der Waals surface area contributed by atoms with Crippen molar-refractivity contribution >= 4 is 30.0 Å². The van der Waals surface area contributed by atoms with E-state index >= 15 is 0 Å². The Labute approximate surface area is 169 Å². The average Bonchev–Trinajstić information content (AvgIpc) is 3.01. The minimum Gasteiger partial charge on any atom is -0.480 e. The number of anilines is 1. The van der Waals surface area contributed by atoms with Gasteiger partial charge in [-0.05, 0) is 37.9 Å². The van der Waals surface area contributed by atoms with E-state index in [0.29, 0.717) is 32.6 Å². The maximum absolute atomic E-state index is 14.0. The van der Waals surface area contributed by atoms with Crippen LogP contribution in [-0.2, 0) is 9.59 Å². The summed E-state index contributed by atoms with van der Waals surface area (Å²) >= 11 is 0. The smallest absolute Gasteiger partial charge is 0.317 e. The number of amides is 1. The monoisotopic (exact) mass is 417 g/mol. The van der Waals surface area contributed by atoms with E-state index in [-0.39, 0.29) is 42.6 Å². The van der Waals surface area contributed by atoms with Gasteiger partial charge >= 0.3 is 5.97 Å². The molecular formula is C19H26ClF2N3O3. The molecule has 2 fully saturated rings. The molecular weight excluding hydrogens is 392 g/mol. The Morgan fingerprint density at radius 1 is 1.18 bits per heavy atom. The first-order chi connectivity index (χ1) is 12.9. The molecule has 2 aliphatic rings. The second-order valence-corrected chi connectivity index (χ2v) is 7.09. The van der Waals surface area contributed by atoms with Gasteiger partial charge in [0.2, 0.25) is 5.91 Å². The van der Waals surface area contributed by atoms with Crippen LogP contribution in [0.15, 0.2) is 18.2 Å². The number of aliphatic carboxylic acids is 1. The van der Waals surface area contributed by atoms with E-state index in [1.54, 1.807) is 0 Å². The second kappa shape index (κ2) is 9.62. The van der Waals surface area contributed by atoms with Crippen molar-refractivity contribution < 1.29 is 23.5 Å². The lowest BCUT2D eigenvalue weighted by Gasteiger charge is -2.39. The van der Waals surface area contributed by atoms with Gasteiger partial charge in [-0.3, -0.25) is 19.4 Å². The molecule has 1 aromatic rings. The number of piperidine rings is 1. The highest BCUT2D eigenvalue weighted by Gasteiger charge is 2.40. The van der Waals surface area contributed by atoms with Crippen LogP contribution in [0, 0.1) is 11.6 Å². The molecule has 0 aliphatic carbocycles. The Hall–Kier alpha value is -1.77. The van der Waals surface area contributed by atoms with Gasteiger partial charge in [0, 0.05) is 25.7 Å². The molecule has 0 spiro atoms. The van der Waals surface area contributed by atoms with Crippen molar-refractivity contribution in [2.24, 2.45) is 0 Å². The number of hydrogen-bond donors (Lipinski definition) is 1. The van der Waals surface area contributed by atoms with Gasteiger partial charge in [0.05, 0.1) is 12.6 Å². The van der Waals surface area contributed by atoms with Crippen molar-refractivity contribution in [3.8, 4) is 0 Å². The van der Waals surface area contributed by atoms with Crippen molar-refractivity contribution in [1.82, 2.24) is 9.80 Å². The number of carboxylic acids is 1. The molecule has 1 amide bonds. The van der Waals surface area contributed by atoms with E-state index in [1.165, 1.54) is 11.0 Å². The number of carbonyl (C=O) groups excluding carboxylic acids is 1. The molecule has 9 heteroatoms. The summed E-state index contributed by atoms with van der Waals surface area (Å²) in [5, 5.41) is 9.02. The minimum absolute atomic E-state index is 0. The van der Waals surface area contributed by atoms with Crippen LogP contribution in [0.25, 0.3) is 0 Å². The SMILES string of the molecule is CCN(CC(=O)O)C1CCN(C2CCN(c3c(F)cccc3F)C2=O)CC1.Cl. The van der Waals surface area contributed by atoms with Crippen LogP contribution in [0.2, 0.25) is 0 Å². The van der Waals surface area contributed by atoms with Gasteiger partial charge in [-0.25, -0.2) is 8.78 Å². The molecule has 0 radical (unpaired) electrons. The zero-order valence-electron chi connectivity index (χ0n) is 15.8. The normalized spacial score (nSPS) is 21.2. The van der Waals surface area contributed by atoms with Crippen LogP contribution in [0.1, 0.15) is 26.2 Å². The predicted molar refractivity (Wildman–Crippen MR) is 104 cm³/mol. The highest BCUT2D eigenvalue weighted by molar-refractivity contribution is 5.99. The molecule has 1 N–H and O–H groups in total. The zero-order chi connectivity index (χ0) is 19.6. The molecule has 0 saturated carbocycles. The molecule has 3 rings (SSSR count). The third-order valence-corrected chi connectivity index (χ3v) is 5.59. The van der Waals surface area contributed by atoms with E-state index in [0.717, 1.165) is 25.0 Å². The summed E-state index contributed by atoms with van der Waals surface area (Å²) < 4.78 is 28.1. The molecule has 0 bridgehead atoms. The second-order valence-electron chi connectivity index (χ2n) is 7.09. The number of nitrogens with zero attached hydrogens (tertiary/aromatic N) is 3. The van der Waals surface area contributed by atoms with Crippen molar-refractivity contribution in [3.05, 3.63) is 29.8 Å². The van der Waals surface area contributed by atoms with E-state index in [9.17, 15) is 18.4 Å². The topological polar surface area (TPSA) is 64.1 Å². The Morgan fingerprint density at radius 2 is 1.79 bits per heavy atom. The third-order valence-electron chi connectivity index (χ3n) is 5.59. The van der Waals surface area contributed by atoms with Gasteiger partial charge in [0.15, 0.2) is 0 Å². The number of rotatable bonds is 6. The van der Waals surface area contributed by atoms with Crippen LogP contribution in [0.4, 0.5) is 14.5 Å². The molecule has 2 saturated heterocycles. The molecule has 1 aromatic carbocycles. The number of benzene rings is 1. The van der Waals surface area contributed by atoms with Crippen LogP contribution in [0.3, 0.4) is 0 Å². The van der Waals surface area contributed by atoms with Crippen LogP contribution < -0.4 is 4.90 Å². The molecule has 28 heavy (non-hydrogen) atoms. The molecule has 2 aliphatic heterocycles. The standard InChI is InChI=1S/C19H25F2N3O3.ClH/c1-2-22(12-17(25)26)13-6-9-23(10-7-13)16-8-11-24(19(16)27)18-14(20)4-3-5-15(18)21;/h3-5,13,16H,2,6-12H2,1H3,(H,25,26);1H. The first-order valence-corrected chi connectivity index (χ1v) is 9.37. The number of halogens is 3. The molecule has 156 valence electrons. The van der Waals surface area contributed by atoms with E-state index in [4.69, 9.17) is 5.11 Å². The zero-order valence-corrected chi connectivity index (χ0v) is 16.6. The summed E-state index contributed by atoms with van der Waals surface area (Å²) in [5.74, 6) is -2.56. The summed E-state index contributed by atoms with van der Waals surface area (Å²) in [6.45, 7) is 4.26. The lowest BCUT2D eigenvalue weighted by Crippen LogP contribution is -2.51. The fourth-order valence-electron chi connectivity index (χ4n) is 4.21. The predicted octanol–water partition coefficient (Wildman–Crippen LogP) is 2.36. The summed E-state index contributed by atoms with van der Waals surface area (Å²) in [7, 11) is 0. The highest BCUT2D eigenvalue weighted by Crippen LogP contribution is 2.30. The van der Waals surface area contributed by atoms with Crippen molar-refractivity contribution in [2.75, 3.05) is 37.6 Å². The fraction of sp³-hybridized carbons (Fsp3) is 0.579. The minimum atomic E-state index is -0.840. The largest absolute Gasteiger partial charge is 0.480 e. The summed E-state index contributed by atoms with van der Waals surface area (Å²) in [6, 6.07) is 3.41. The maximum Gasteiger partial charge on any atom is 0.317 e. The molecule has 2 heterocycles. The van der Waals surface area contributed by atoms with Crippen LogP contribution in [0.5, 0.6) is 0 Å². The van der Waals surface area contributed by atoms with Gasteiger partial charge in [0.25, 0.3) is 0 Å². The Balaban J connectivity index is 0.00000280. The summed E-state index contributed by atoms with van der Waals surface area (Å²) in [6.07, 6.45) is 2.09. The first-order valence-electron chi connectivity index (χ1n) is 9.37. The Bertz CT molecular complexity index is 693. The van der Waals surface area contributed by atoms with Gasteiger partial charge < -0.3 is 10.0 Å². The van der Waals surface area contributed by atoms with Crippen molar-refractivity contribution in [3.63, 3.8) is 0 Å². The summed E-state index contributed by atoms with van der Waals surface area (Å²) in [4.78, 5) is 29.0. The van der Waals surface area contributed by atoms with Gasteiger partial charge in [0.1, 0.15) is 17.3 Å². The number of likely N-dealkylation sites (tertiary alicyclic amines) is 1. The lowest BCUT2D eigenvalue weighted by molar-refractivity contribution is -0.139. The number of hydrogen-bond acceptors (Lipinski definition) is 4. The molecule has 6 nitrogen and oxygen atoms in total. The van der Waals surface area contributed by atoms with Crippen LogP contribution in [-0.4, -0.2) is 71.6 Å². The summed E-state index contributed by atoms with van der Waals surface area (Å²) in [5.41, 5.74) is -0.265. The van der Waals surface area contributed by atoms with E-state index in [1.807, 2.05) is 11.8 Å². The molecule has 0 aromatic heterocycles. The maximum atomic E-state index is 14.0. The number of likely N-dealkylation sites (N-methyl/N-ethyl adjacent to an activating group) is 1. The lowest BCUT2D eigenvalue weighted by atomic mass is 10.0. The fourth-order valence-corrected chi connectivity index (χ4v) is 4.21. The number of carbonyl (C=O) groups is 2. The van der Waals surface area contributed by atoms with Crippen LogP contribution >= 0.6 is 12.4 Å². The van der Waals surface area contributed by atoms with E-state index in [2.05, 4.69) is 4.90 Å². The van der Waals surface area contributed by atoms with E-state index < -0.39 is 17.6 Å². The quantitative estimate of drug-likeness (QED) is 0.769. The molecule has 1 unspecified atom stereocenters. The van der Waals surface area contributed by atoms with Crippen molar-refractivity contribution in [2.45, 2.75) is 38.3 Å². The number of para-hydroxylation sites is 1. The van der Waals surface area contributed by atoms with Crippen molar-refractivity contribution in [1.29, 1.82) is 0 Å². The highest BCUT2D eigenvalue weighted by atomic mass is 35.5. The van der Waals surface area contributed by atoms with Gasteiger partial charge in [-0.2, -0.15) is 0 Å². The van der Waals surface area contributed by atoms with Gasteiger partial charge in [-0.1, -0.05) is 13.0 Å². The number of carboxylic acid groups (broad SMARTS) is 1. The Morgan fingerprint density at radius 3 is 2.32 bits per heavy atom. The Kier molecular flexibility index (Phi) is 7.74.